The molecule has 0 rings (SSSR count). The van der Waals surface area contributed by atoms with Crippen molar-refractivity contribution in [2.45, 2.75) is 34.9 Å². The van der Waals surface area contributed by atoms with E-state index in [0.29, 0.717) is 0 Å². The minimum absolute atomic E-state index is 0. The highest BCUT2D eigenvalue weighted by molar-refractivity contribution is 6.66. The van der Waals surface area contributed by atoms with Crippen LogP contribution in [0.25, 0.3) is 0 Å². The molecule has 0 atom stereocenters. The second kappa shape index (κ2) is 6.36. The van der Waals surface area contributed by atoms with Gasteiger partial charge in [0, 0.05) is 14.0 Å². The van der Waals surface area contributed by atoms with E-state index in [-0.39, 0.29) is 20.8 Å². The number of carbonyl (C=O) groups excluding carboxylic acids is 1. The van der Waals surface area contributed by atoms with Gasteiger partial charge in [0.2, 0.25) is 0 Å². The molecule has 0 heterocycles. The van der Waals surface area contributed by atoms with Crippen LogP contribution < -0.4 is 0 Å². The molecule has 0 radical (unpaired) electrons. The number of rotatable bonds is 2. The average molecular weight is 180 g/mol. The summed E-state index contributed by atoms with van der Waals surface area (Å²) in [6, 6.07) is 0. The van der Waals surface area contributed by atoms with Gasteiger partial charge in [-0.2, -0.15) is 0 Å². The van der Waals surface area contributed by atoms with Gasteiger partial charge in [0.15, 0.2) is 0 Å². The Hall–Kier alpha value is -0.353. The van der Waals surface area contributed by atoms with Gasteiger partial charge >= 0.3 is 8.56 Å². The van der Waals surface area contributed by atoms with E-state index in [4.69, 9.17) is 8.85 Å². The molecule has 4 heteroatoms. The lowest BCUT2D eigenvalue weighted by Gasteiger charge is -2.18. The SMILES string of the molecule is C.C.CO[Si](C)(C)OC(C)=O. The van der Waals surface area contributed by atoms with E-state index in [1.54, 1.807) is 7.11 Å². The van der Waals surface area contributed by atoms with Crippen molar-refractivity contribution in [3.8, 4) is 0 Å². The first-order valence-electron chi connectivity index (χ1n) is 2.72. The fourth-order valence-electron chi connectivity index (χ4n) is 0.388. The fourth-order valence-corrected chi connectivity index (χ4v) is 1.16. The summed E-state index contributed by atoms with van der Waals surface area (Å²) < 4.78 is 9.81. The topological polar surface area (TPSA) is 35.5 Å². The van der Waals surface area contributed by atoms with E-state index < -0.39 is 8.56 Å². The average Bonchev–Trinajstić information content (AvgIpc) is 1.63. The van der Waals surface area contributed by atoms with Gasteiger partial charge in [-0.05, 0) is 13.1 Å². The molecule has 0 saturated heterocycles. The molecule has 0 aromatic carbocycles. The molecule has 70 valence electrons. The van der Waals surface area contributed by atoms with Gasteiger partial charge in [0.1, 0.15) is 0 Å². The van der Waals surface area contributed by atoms with E-state index in [9.17, 15) is 4.79 Å². The van der Waals surface area contributed by atoms with Crippen molar-refractivity contribution in [1.82, 2.24) is 0 Å². The standard InChI is InChI=1S/C5H12O3Si.2CH4/c1-5(6)8-9(3,4)7-2;;/h1-4H3;2*1H4. The lowest BCUT2D eigenvalue weighted by Crippen LogP contribution is -2.34. The van der Waals surface area contributed by atoms with Crippen LogP contribution in [0.15, 0.2) is 0 Å². The molecule has 0 fully saturated rings. The first kappa shape index (κ1) is 16.9. The normalized spacial score (nSPS) is 9.09. The summed E-state index contributed by atoms with van der Waals surface area (Å²) in [5, 5.41) is 0. The van der Waals surface area contributed by atoms with Crippen molar-refractivity contribution in [2.75, 3.05) is 7.11 Å². The third-order valence-corrected chi connectivity index (χ3v) is 2.64. The van der Waals surface area contributed by atoms with Gasteiger partial charge in [-0.25, -0.2) is 0 Å². The Labute approximate surface area is 71.0 Å². The number of hydrogen-bond acceptors (Lipinski definition) is 3. The highest BCUT2D eigenvalue weighted by atomic mass is 28.4. The Morgan fingerprint density at radius 1 is 1.27 bits per heavy atom. The second-order valence-electron chi connectivity index (χ2n) is 2.20. The molecule has 0 amide bonds. The predicted molar refractivity (Wildman–Crippen MR) is 49.7 cm³/mol. The van der Waals surface area contributed by atoms with Crippen LogP contribution in [-0.4, -0.2) is 21.6 Å². The van der Waals surface area contributed by atoms with Crippen LogP contribution in [0.4, 0.5) is 0 Å². The zero-order valence-electron chi connectivity index (χ0n) is 6.22. The zero-order valence-corrected chi connectivity index (χ0v) is 7.22. The van der Waals surface area contributed by atoms with E-state index in [1.807, 2.05) is 13.1 Å². The van der Waals surface area contributed by atoms with Crippen molar-refractivity contribution in [2.24, 2.45) is 0 Å². The second-order valence-corrected chi connectivity index (χ2v) is 5.61. The summed E-state index contributed by atoms with van der Waals surface area (Å²) in [6.07, 6.45) is 0. The Kier molecular flexibility index (Phi) is 9.80. The van der Waals surface area contributed by atoms with Gasteiger partial charge in [0.25, 0.3) is 5.97 Å². The molecule has 0 aliphatic rings. The van der Waals surface area contributed by atoms with Crippen molar-refractivity contribution in [1.29, 1.82) is 0 Å². The Balaban J connectivity index is -0.000000320. The molecule has 0 aromatic rings. The molecule has 0 aromatic heterocycles. The molecule has 0 bridgehead atoms. The van der Waals surface area contributed by atoms with Gasteiger partial charge < -0.3 is 8.85 Å². The maximum absolute atomic E-state index is 10.4. The smallest absolute Gasteiger partial charge is 0.394 e. The van der Waals surface area contributed by atoms with Gasteiger partial charge in [-0.1, -0.05) is 14.9 Å². The highest BCUT2D eigenvalue weighted by Gasteiger charge is 2.25. The molecule has 0 aliphatic carbocycles. The summed E-state index contributed by atoms with van der Waals surface area (Å²) >= 11 is 0. The quantitative estimate of drug-likeness (QED) is 0.611. The number of carbonyl (C=O) groups is 1. The molecule has 0 unspecified atom stereocenters. The highest BCUT2D eigenvalue weighted by Crippen LogP contribution is 2.03. The summed E-state index contributed by atoms with van der Waals surface area (Å²) in [5.74, 6) is -0.270. The number of hydrogen-bond donors (Lipinski definition) is 0. The fraction of sp³-hybridized carbons (Fsp3) is 0.857. The molecular weight excluding hydrogens is 160 g/mol. The van der Waals surface area contributed by atoms with Crippen molar-refractivity contribution >= 4 is 14.5 Å². The van der Waals surface area contributed by atoms with Crippen LogP contribution in [-0.2, 0) is 13.6 Å². The maximum Gasteiger partial charge on any atom is 0.394 e. The molecule has 11 heavy (non-hydrogen) atoms. The summed E-state index contributed by atoms with van der Waals surface area (Å²) in [5.41, 5.74) is 0. The first-order valence-corrected chi connectivity index (χ1v) is 5.54. The van der Waals surface area contributed by atoms with E-state index in [0.717, 1.165) is 0 Å². The lowest BCUT2D eigenvalue weighted by atomic mass is 10.9. The van der Waals surface area contributed by atoms with Crippen LogP contribution in [0.2, 0.25) is 13.1 Å². The van der Waals surface area contributed by atoms with Crippen LogP contribution in [0, 0.1) is 0 Å². The third-order valence-electron chi connectivity index (χ3n) is 0.881. The van der Waals surface area contributed by atoms with Gasteiger partial charge in [0.05, 0.1) is 0 Å². The molecule has 0 spiro atoms. The predicted octanol–water partition coefficient (Wildman–Crippen LogP) is 2.17. The summed E-state index contributed by atoms with van der Waals surface area (Å²) in [7, 11) is -0.539. The zero-order chi connectivity index (χ0) is 7.49. The van der Waals surface area contributed by atoms with Crippen LogP contribution in [0.1, 0.15) is 21.8 Å². The Bertz CT molecular complexity index is 112. The first-order chi connectivity index (χ1) is 3.98. The Morgan fingerprint density at radius 2 is 1.64 bits per heavy atom. The molecule has 0 N–H and O–H groups in total. The van der Waals surface area contributed by atoms with Crippen LogP contribution in [0.5, 0.6) is 0 Å². The van der Waals surface area contributed by atoms with Gasteiger partial charge in [-0.15, -0.1) is 0 Å². The summed E-state index contributed by atoms with van der Waals surface area (Å²) in [6.45, 7) is 5.01. The monoisotopic (exact) mass is 180 g/mol. The maximum atomic E-state index is 10.4. The van der Waals surface area contributed by atoms with E-state index >= 15 is 0 Å². The van der Waals surface area contributed by atoms with Crippen LogP contribution in [0.3, 0.4) is 0 Å². The van der Waals surface area contributed by atoms with Crippen molar-refractivity contribution < 1.29 is 13.6 Å². The minimum Gasteiger partial charge on any atom is -0.495 e. The molecular formula is C7H20O3Si. The van der Waals surface area contributed by atoms with Crippen molar-refractivity contribution in [3.63, 3.8) is 0 Å². The molecule has 3 nitrogen and oxygen atoms in total. The third kappa shape index (κ3) is 9.65. The minimum atomic E-state index is -2.09. The summed E-state index contributed by atoms with van der Waals surface area (Å²) in [4.78, 5) is 10.4. The van der Waals surface area contributed by atoms with E-state index in [2.05, 4.69) is 0 Å². The van der Waals surface area contributed by atoms with Gasteiger partial charge in [-0.3, -0.25) is 4.79 Å². The van der Waals surface area contributed by atoms with Crippen LogP contribution >= 0.6 is 0 Å². The Morgan fingerprint density at radius 3 is 1.73 bits per heavy atom. The van der Waals surface area contributed by atoms with Crippen molar-refractivity contribution in [3.05, 3.63) is 0 Å². The largest absolute Gasteiger partial charge is 0.495 e. The lowest BCUT2D eigenvalue weighted by molar-refractivity contribution is -0.133. The van der Waals surface area contributed by atoms with E-state index in [1.165, 1.54) is 6.92 Å². The molecule has 0 aliphatic heterocycles. The molecule has 0 saturated carbocycles.